The third-order valence-corrected chi connectivity index (χ3v) is 2.85. The van der Waals surface area contributed by atoms with E-state index in [0.717, 1.165) is 18.5 Å². The van der Waals surface area contributed by atoms with E-state index < -0.39 is 0 Å². The lowest BCUT2D eigenvalue weighted by Gasteiger charge is -2.14. The molecule has 0 saturated heterocycles. The van der Waals surface area contributed by atoms with Crippen LogP contribution < -0.4 is 5.73 Å². The Morgan fingerprint density at radius 1 is 1.27 bits per heavy atom. The van der Waals surface area contributed by atoms with Crippen molar-refractivity contribution in [2.75, 3.05) is 5.73 Å². The first-order valence-corrected chi connectivity index (χ1v) is 5.43. The maximum Gasteiger partial charge on any atom is 0.0314 e. The van der Waals surface area contributed by atoms with Crippen LogP contribution in [-0.4, -0.2) is 0 Å². The quantitative estimate of drug-likeness (QED) is 0.726. The van der Waals surface area contributed by atoms with Crippen molar-refractivity contribution in [1.29, 1.82) is 0 Å². The Balaban J connectivity index is 1.99. The molecule has 1 atom stereocenters. The number of rotatable bonds is 2. The maximum absolute atomic E-state index is 5.65. The summed E-state index contributed by atoms with van der Waals surface area (Å²) in [6.45, 7) is 2.15. The minimum absolute atomic E-state index is 0.650. The van der Waals surface area contributed by atoms with Gasteiger partial charge in [0.2, 0.25) is 0 Å². The van der Waals surface area contributed by atoms with Crippen molar-refractivity contribution < 1.29 is 0 Å². The molecule has 1 heteroatoms. The van der Waals surface area contributed by atoms with Crippen molar-refractivity contribution in [3.8, 4) is 0 Å². The Kier molecular flexibility index (Phi) is 2.91. The Labute approximate surface area is 91.3 Å². The van der Waals surface area contributed by atoms with E-state index in [1.165, 1.54) is 11.1 Å². The van der Waals surface area contributed by atoms with Gasteiger partial charge in [0.15, 0.2) is 0 Å². The molecule has 1 nitrogen and oxygen atoms in total. The van der Waals surface area contributed by atoms with Crippen LogP contribution in [-0.2, 0) is 6.42 Å². The van der Waals surface area contributed by atoms with E-state index in [1.54, 1.807) is 0 Å². The lowest BCUT2D eigenvalue weighted by atomic mass is 9.91. The zero-order valence-electron chi connectivity index (χ0n) is 9.11. The monoisotopic (exact) mass is 199 g/mol. The summed E-state index contributed by atoms with van der Waals surface area (Å²) in [6, 6.07) is 8.19. The Hall–Kier alpha value is -1.50. The first-order chi connectivity index (χ1) is 7.24. The van der Waals surface area contributed by atoms with Crippen molar-refractivity contribution >= 4 is 5.69 Å². The van der Waals surface area contributed by atoms with Crippen LogP contribution in [0.25, 0.3) is 0 Å². The van der Waals surface area contributed by atoms with Crippen molar-refractivity contribution in [2.45, 2.75) is 19.8 Å². The van der Waals surface area contributed by atoms with Crippen LogP contribution in [0.5, 0.6) is 0 Å². The Morgan fingerprint density at radius 3 is 2.60 bits per heavy atom. The fraction of sp³-hybridized carbons (Fsp3) is 0.286. The van der Waals surface area contributed by atoms with Gasteiger partial charge in [-0.25, -0.2) is 0 Å². The number of allylic oxidation sites excluding steroid dienone is 4. The molecule has 0 amide bonds. The van der Waals surface area contributed by atoms with E-state index in [1.807, 2.05) is 12.1 Å². The van der Waals surface area contributed by atoms with Crippen LogP contribution >= 0.6 is 0 Å². The van der Waals surface area contributed by atoms with Gasteiger partial charge in [0.05, 0.1) is 0 Å². The summed E-state index contributed by atoms with van der Waals surface area (Å²) in [4.78, 5) is 0. The zero-order chi connectivity index (χ0) is 10.7. The van der Waals surface area contributed by atoms with Crippen LogP contribution in [0, 0.1) is 5.92 Å². The van der Waals surface area contributed by atoms with Crippen molar-refractivity contribution in [3.05, 3.63) is 53.6 Å². The molecule has 0 spiro atoms. The first kappa shape index (κ1) is 10.0. The summed E-state index contributed by atoms with van der Waals surface area (Å²) in [7, 11) is 0. The molecule has 78 valence electrons. The SMILES string of the molecule is CC1=CCC(Cc2ccc(N)cc2)C=C1. The van der Waals surface area contributed by atoms with E-state index in [4.69, 9.17) is 5.73 Å². The molecule has 0 bridgehead atoms. The van der Waals surface area contributed by atoms with Gasteiger partial charge in [-0.15, -0.1) is 0 Å². The van der Waals surface area contributed by atoms with Crippen molar-refractivity contribution in [1.82, 2.24) is 0 Å². The lowest BCUT2D eigenvalue weighted by Crippen LogP contribution is -2.03. The normalized spacial score (nSPS) is 20.1. The molecule has 0 fully saturated rings. The van der Waals surface area contributed by atoms with E-state index in [9.17, 15) is 0 Å². The molecule has 1 unspecified atom stereocenters. The highest BCUT2D eigenvalue weighted by atomic mass is 14.5. The number of nitrogen functional groups attached to an aromatic ring is 1. The van der Waals surface area contributed by atoms with Gasteiger partial charge in [-0.3, -0.25) is 0 Å². The Morgan fingerprint density at radius 2 is 2.00 bits per heavy atom. The molecule has 0 saturated carbocycles. The number of anilines is 1. The highest BCUT2D eigenvalue weighted by molar-refractivity contribution is 5.39. The third-order valence-electron chi connectivity index (χ3n) is 2.85. The molecule has 0 heterocycles. The van der Waals surface area contributed by atoms with Crippen LogP contribution in [0.3, 0.4) is 0 Å². The Bertz CT molecular complexity index is 384. The lowest BCUT2D eigenvalue weighted by molar-refractivity contribution is 0.649. The summed E-state index contributed by atoms with van der Waals surface area (Å²) in [6.07, 6.45) is 9.10. The molecule has 2 rings (SSSR count). The smallest absolute Gasteiger partial charge is 0.0314 e. The minimum Gasteiger partial charge on any atom is -0.399 e. The summed E-state index contributed by atoms with van der Waals surface area (Å²) in [5.41, 5.74) is 9.24. The summed E-state index contributed by atoms with van der Waals surface area (Å²) in [5, 5.41) is 0. The summed E-state index contributed by atoms with van der Waals surface area (Å²) in [5.74, 6) is 0.650. The molecule has 0 aromatic heterocycles. The molecule has 1 aliphatic carbocycles. The van der Waals surface area contributed by atoms with Crippen LogP contribution in [0.2, 0.25) is 0 Å². The second kappa shape index (κ2) is 4.35. The first-order valence-electron chi connectivity index (χ1n) is 5.43. The van der Waals surface area contributed by atoms with Crippen LogP contribution in [0.1, 0.15) is 18.9 Å². The van der Waals surface area contributed by atoms with Gasteiger partial charge in [-0.05, 0) is 43.4 Å². The van der Waals surface area contributed by atoms with Crippen LogP contribution in [0.4, 0.5) is 5.69 Å². The van der Waals surface area contributed by atoms with Crippen molar-refractivity contribution in [3.63, 3.8) is 0 Å². The molecule has 1 aromatic rings. The van der Waals surface area contributed by atoms with Gasteiger partial charge in [-0.1, -0.05) is 35.9 Å². The summed E-state index contributed by atoms with van der Waals surface area (Å²) >= 11 is 0. The van der Waals surface area contributed by atoms with Gasteiger partial charge in [-0.2, -0.15) is 0 Å². The molecule has 0 radical (unpaired) electrons. The molecular formula is C14H17N. The fourth-order valence-corrected chi connectivity index (χ4v) is 1.88. The highest BCUT2D eigenvalue weighted by Crippen LogP contribution is 2.20. The second-order valence-corrected chi connectivity index (χ2v) is 4.25. The third kappa shape index (κ3) is 2.72. The predicted molar refractivity (Wildman–Crippen MR) is 65.6 cm³/mol. The maximum atomic E-state index is 5.65. The van der Waals surface area contributed by atoms with Gasteiger partial charge in [0.1, 0.15) is 0 Å². The number of hydrogen-bond acceptors (Lipinski definition) is 1. The molecule has 2 N–H and O–H groups in total. The summed E-state index contributed by atoms with van der Waals surface area (Å²) < 4.78 is 0. The molecule has 0 aliphatic heterocycles. The van der Waals surface area contributed by atoms with E-state index >= 15 is 0 Å². The van der Waals surface area contributed by atoms with E-state index in [-0.39, 0.29) is 0 Å². The molecule has 15 heavy (non-hydrogen) atoms. The van der Waals surface area contributed by atoms with E-state index in [2.05, 4.69) is 37.3 Å². The van der Waals surface area contributed by atoms with Gasteiger partial charge >= 0.3 is 0 Å². The minimum atomic E-state index is 0.650. The van der Waals surface area contributed by atoms with Gasteiger partial charge in [0.25, 0.3) is 0 Å². The zero-order valence-corrected chi connectivity index (χ0v) is 9.11. The van der Waals surface area contributed by atoms with Crippen LogP contribution in [0.15, 0.2) is 48.1 Å². The van der Waals surface area contributed by atoms with Gasteiger partial charge in [0, 0.05) is 5.69 Å². The average molecular weight is 199 g/mol. The van der Waals surface area contributed by atoms with E-state index in [0.29, 0.717) is 5.92 Å². The molecule has 1 aliphatic rings. The molecule has 1 aromatic carbocycles. The average Bonchev–Trinajstić information content (AvgIpc) is 2.25. The predicted octanol–water partition coefficient (Wildman–Crippen LogP) is 3.33. The fourth-order valence-electron chi connectivity index (χ4n) is 1.88. The number of nitrogens with two attached hydrogens (primary N) is 1. The van der Waals surface area contributed by atoms with Gasteiger partial charge < -0.3 is 5.73 Å². The molecular weight excluding hydrogens is 182 g/mol. The van der Waals surface area contributed by atoms with Crippen molar-refractivity contribution in [2.24, 2.45) is 5.92 Å². The number of hydrogen-bond donors (Lipinski definition) is 1. The standard InChI is InChI=1S/C14H17N/c1-11-2-4-12(5-3-11)10-13-6-8-14(15)9-7-13/h2-4,6-9,12H,5,10,15H2,1H3. The second-order valence-electron chi connectivity index (χ2n) is 4.25. The number of benzene rings is 1. The largest absolute Gasteiger partial charge is 0.399 e. The topological polar surface area (TPSA) is 26.0 Å². The highest BCUT2D eigenvalue weighted by Gasteiger charge is 2.07.